The first-order valence-corrected chi connectivity index (χ1v) is 16.4. The molecule has 10 rings (SSSR count). The van der Waals surface area contributed by atoms with Crippen LogP contribution in [0.2, 0.25) is 10.0 Å². The lowest BCUT2D eigenvalue weighted by Gasteiger charge is -2.15. The molecule has 5 nitrogen and oxygen atoms in total. The number of rotatable bonds is 3. The summed E-state index contributed by atoms with van der Waals surface area (Å²) >= 11 is 13.0. The van der Waals surface area contributed by atoms with Gasteiger partial charge in [0.1, 0.15) is 11.5 Å². The van der Waals surface area contributed by atoms with Crippen LogP contribution in [-0.4, -0.2) is 23.9 Å². The van der Waals surface area contributed by atoms with Crippen LogP contribution >= 0.6 is 23.2 Å². The molecule has 0 fully saturated rings. The van der Waals surface area contributed by atoms with Gasteiger partial charge in [-0.2, -0.15) is 0 Å². The van der Waals surface area contributed by atoms with Gasteiger partial charge in [0.2, 0.25) is 0 Å². The molecule has 0 aliphatic carbocycles. The van der Waals surface area contributed by atoms with Crippen LogP contribution in [0.1, 0.15) is 0 Å². The van der Waals surface area contributed by atoms with Gasteiger partial charge in [-0.25, -0.2) is 15.0 Å². The molecule has 0 atom stereocenters. The van der Waals surface area contributed by atoms with Gasteiger partial charge in [-0.15, -0.1) is 0 Å². The van der Waals surface area contributed by atoms with Crippen molar-refractivity contribution >= 4 is 83.4 Å². The standard InChI is InChI=1S/C41H23Cl2N5/c42-26-11-7-9-24(21-26)33-23-37(46-40(44-33)25-10-8-12-27(43)22-25)48-34-17-5-3-13-28(34)30-19-20-36-38(39(30)48)29-14-1-2-15-31(29)41-45-32-16-4-6-18-35(32)47(36)41/h1-23H. The summed E-state index contributed by atoms with van der Waals surface area (Å²) in [5.41, 5.74) is 8.65. The molecular weight excluding hydrogens is 633 g/mol. The summed E-state index contributed by atoms with van der Waals surface area (Å²) in [6, 6.07) is 47.4. The van der Waals surface area contributed by atoms with Gasteiger partial charge >= 0.3 is 0 Å². The lowest BCUT2D eigenvalue weighted by Crippen LogP contribution is -2.03. The normalized spacial score (nSPS) is 12.0. The van der Waals surface area contributed by atoms with Crippen molar-refractivity contribution in [3.05, 3.63) is 150 Å². The van der Waals surface area contributed by atoms with Crippen LogP contribution in [0.3, 0.4) is 0 Å². The zero-order valence-corrected chi connectivity index (χ0v) is 26.8. The molecule has 48 heavy (non-hydrogen) atoms. The fourth-order valence-electron chi connectivity index (χ4n) is 7.18. The van der Waals surface area contributed by atoms with E-state index in [1.165, 1.54) is 0 Å². The van der Waals surface area contributed by atoms with E-state index in [-0.39, 0.29) is 0 Å². The Hall–Kier alpha value is -5.75. The van der Waals surface area contributed by atoms with E-state index in [1.54, 1.807) is 0 Å². The molecule has 10 aromatic rings. The highest BCUT2D eigenvalue weighted by molar-refractivity contribution is 6.31. The Kier molecular flexibility index (Phi) is 5.92. The maximum Gasteiger partial charge on any atom is 0.162 e. The molecule has 0 amide bonds. The van der Waals surface area contributed by atoms with E-state index in [1.807, 2.05) is 54.6 Å². The number of hydrogen-bond donors (Lipinski definition) is 0. The number of benzene rings is 6. The average molecular weight is 657 g/mol. The fourth-order valence-corrected chi connectivity index (χ4v) is 7.57. The molecule has 6 aromatic carbocycles. The Morgan fingerprint density at radius 1 is 0.479 bits per heavy atom. The van der Waals surface area contributed by atoms with Crippen molar-refractivity contribution in [1.82, 2.24) is 23.9 Å². The Balaban J connectivity index is 1.41. The Labute approximate surface area is 284 Å². The third-order valence-corrected chi connectivity index (χ3v) is 9.67. The molecule has 0 aliphatic rings. The van der Waals surface area contributed by atoms with Crippen molar-refractivity contribution in [1.29, 1.82) is 0 Å². The predicted molar refractivity (Wildman–Crippen MR) is 199 cm³/mol. The lowest BCUT2D eigenvalue weighted by atomic mass is 10.0. The number of aromatic nitrogens is 5. The highest BCUT2D eigenvalue weighted by atomic mass is 35.5. The molecule has 7 heteroatoms. The third kappa shape index (κ3) is 4.02. The summed E-state index contributed by atoms with van der Waals surface area (Å²) in [4.78, 5) is 15.4. The minimum atomic E-state index is 0.573. The summed E-state index contributed by atoms with van der Waals surface area (Å²) < 4.78 is 4.58. The van der Waals surface area contributed by atoms with Crippen molar-refractivity contribution in [3.63, 3.8) is 0 Å². The second-order valence-electron chi connectivity index (χ2n) is 12.0. The predicted octanol–water partition coefficient (Wildman–Crippen LogP) is 11.3. The Morgan fingerprint density at radius 3 is 1.98 bits per heavy atom. The largest absolute Gasteiger partial charge is 0.293 e. The third-order valence-electron chi connectivity index (χ3n) is 9.20. The summed E-state index contributed by atoms with van der Waals surface area (Å²) in [6.07, 6.45) is 0. The summed E-state index contributed by atoms with van der Waals surface area (Å²) in [5, 5.41) is 6.89. The van der Waals surface area contributed by atoms with Gasteiger partial charge in [-0.05, 0) is 53.9 Å². The van der Waals surface area contributed by atoms with Crippen LogP contribution in [0.25, 0.3) is 88.6 Å². The molecule has 0 saturated carbocycles. The molecule has 4 aromatic heterocycles. The van der Waals surface area contributed by atoms with E-state index >= 15 is 0 Å². The first-order valence-electron chi connectivity index (χ1n) is 15.7. The number of para-hydroxylation sites is 3. The molecule has 0 saturated heterocycles. The van der Waals surface area contributed by atoms with Crippen molar-refractivity contribution in [3.8, 4) is 28.5 Å². The molecular formula is C41H23Cl2N5. The molecule has 4 heterocycles. The smallest absolute Gasteiger partial charge is 0.162 e. The number of imidazole rings is 1. The molecule has 0 bridgehead atoms. The van der Waals surface area contributed by atoms with Gasteiger partial charge in [0, 0.05) is 48.8 Å². The Bertz CT molecular complexity index is 2880. The second kappa shape index (κ2) is 10.4. The first kappa shape index (κ1) is 27.4. The Morgan fingerprint density at radius 2 is 1.17 bits per heavy atom. The molecule has 226 valence electrons. The van der Waals surface area contributed by atoms with Gasteiger partial charge in [0.05, 0.1) is 33.3 Å². The van der Waals surface area contributed by atoms with Crippen LogP contribution in [-0.2, 0) is 0 Å². The van der Waals surface area contributed by atoms with Crippen molar-refractivity contribution < 1.29 is 0 Å². The number of pyridine rings is 1. The van der Waals surface area contributed by atoms with Crippen molar-refractivity contribution in [2.24, 2.45) is 0 Å². The SMILES string of the molecule is Clc1cccc(-c2cc(-n3c4ccccc4c4ccc5c(c6ccccc6c6nc7ccccc7n56)c43)nc(-c3cccc(Cl)c3)n2)c1. The average Bonchev–Trinajstić information content (AvgIpc) is 3.68. The van der Waals surface area contributed by atoms with Crippen LogP contribution in [0.15, 0.2) is 140 Å². The maximum atomic E-state index is 6.50. The van der Waals surface area contributed by atoms with Crippen molar-refractivity contribution in [2.45, 2.75) is 0 Å². The highest BCUT2D eigenvalue weighted by Gasteiger charge is 2.22. The zero-order valence-electron chi connectivity index (χ0n) is 25.3. The number of fused-ring (bicyclic) bond motifs is 12. The van der Waals surface area contributed by atoms with E-state index < -0.39 is 0 Å². The van der Waals surface area contributed by atoms with E-state index in [0.717, 1.165) is 82.8 Å². The van der Waals surface area contributed by atoms with E-state index in [9.17, 15) is 0 Å². The number of hydrogen-bond acceptors (Lipinski definition) is 3. The highest BCUT2D eigenvalue weighted by Crippen LogP contribution is 2.41. The van der Waals surface area contributed by atoms with E-state index in [4.69, 9.17) is 38.2 Å². The summed E-state index contributed by atoms with van der Waals surface area (Å²) in [5.74, 6) is 1.32. The molecule has 0 aliphatic heterocycles. The minimum Gasteiger partial charge on any atom is -0.293 e. The molecule has 0 spiro atoms. The summed E-state index contributed by atoms with van der Waals surface area (Å²) in [6.45, 7) is 0. The molecule has 0 N–H and O–H groups in total. The van der Waals surface area contributed by atoms with Crippen LogP contribution < -0.4 is 0 Å². The lowest BCUT2D eigenvalue weighted by molar-refractivity contribution is 1.05. The minimum absolute atomic E-state index is 0.573. The molecule has 0 radical (unpaired) electrons. The number of halogens is 2. The van der Waals surface area contributed by atoms with Gasteiger partial charge in [-0.3, -0.25) is 8.97 Å². The maximum absolute atomic E-state index is 6.50. The van der Waals surface area contributed by atoms with E-state index in [2.05, 4.69) is 93.9 Å². The van der Waals surface area contributed by atoms with Gasteiger partial charge < -0.3 is 0 Å². The van der Waals surface area contributed by atoms with Crippen LogP contribution in [0.4, 0.5) is 0 Å². The van der Waals surface area contributed by atoms with Crippen LogP contribution in [0, 0.1) is 0 Å². The number of nitrogens with zero attached hydrogens (tertiary/aromatic N) is 5. The van der Waals surface area contributed by atoms with Gasteiger partial charge in [-0.1, -0.05) is 108 Å². The molecule has 0 unspecified atom stereocenters. The zero-order chi connectivity index (χ0) is 31.9. The monoisotopic (exact) mass is 655 g/mol. The fraction of sp³-hybridized carbons (Fsp3) is 0. The first-order chi connectivity index (χ1) is 23.6. The van der Waals surface area contributed by atoms with Crippen LogP contribution in [0.5, 0.6) is 0 Å². The summed E-state index contributed by atoms with van der Waals surface area (Å²) in [7, 11) is 0. The van der Waals surface area contributed by atoms with E-state index in [0.29, 0.717) is 15.9 Å². The van der Waals surface area contributed by atoms with Gasteiger partial charge in [0.25, 0.3) is 0 Å². The van der Waals surface area contributed by atoms with Gasteiger partial charge in [0.15, 0.2) is 5.82 Å². The van der Waals surface area contributed by atoms with Crippen molar-refractivity contribution in [2.75, 3.05) is 0 Å². The quantitative estimate of drug-likeness (QED) is 0.178. The topological polar surface area (TPSA) is 48.0 Å². The second-order valence-corrected chi connectivity index (χ2v) is 12.8.